The third-order valence-corrected chi connectivity index (χ3v) is 3.78. The van der Waals surface area contributed by atoms with Gasteiger partial charge in [-0.3, -0.25) is 4.90 Å². The number of aryl methyl sites for hydroxylation is 2. The molecule has 1 saturated heterocycles. The van der Waals surface area contributed by atoms with Crippen molar-refractivity contribution >= 4 is 5.69 Å². The Morgan fingerprint density at radius 2 is 1.82 bits per heavy atom. The SMILES string of the molecule is Cc1cc(C)c(CN2CCNCC2)c(C)c1N. The Balaban J connectivity index is 2.22. The molecule has 0 unspecified atom stereocenters. The van der Waals surface area contributed by atoms with Crippen molar-refractivity contribution in [2.45, 2.75) is 27.3 Å². The van der Waals surface area contributed by atoms with E-state index in [1.807, 2.05) is 0 Å². The van der Waals surface area contributed by atoms with Crippen LogP contribution >= 0.6 is 0 Å². The molecule has 1 aliphatic heterocycles. The van der Waals surface area contributed by atoms with Crippen LogP contribution in [0.4, 0.5) is 5.69 Å². The zero-order valence-corrected chi connectivity index (χ0v) is 11.1. The zero-order valence-electron chi connectivity index (χ0n) is 11.1. The minimum atomic E-state index is 0.959. The average molecular weight is 233 g/mol. The van der Waals surface area contributed by atoms with E-state index in [0.717, 1.165) is 38.4 Å². The van der Waals surface area contributed by atoms with Crippen molar-refractivity contribution in [1.29, 1.82) is 0 Å². The highest BCUT2D eigenvalue weighted by Crippen LogP contribution is 2.25. The van der Waals surface area contributed by atoms with Crippen LogP contribution in [0.1, 0.15) is 22.3 Å². The highest BCUT2D eigenvalue weighted by atomic mass is 15.2. The van der Waals surface area contributed by atoms with Gasteiger partial charge in [0.15, 0.2) is 0 Å². The maximum atomic E-state index is 6.13. The lowest BCUT2D eigenvalue weighted by atomic mass is 9.97. The Kier molecular flexibility index (Phi) is 3.69. The number of nitrogens with one attached hydrogen (secondary N) is 1. The molecule has 1 aromatic carbocycles. The molecule has 0 radical (unpaired) electrons. The Hall–Kier alpha value is -1.06. The van der Waals surface area contributed by atoms with Crippen molar-refractivity contribution in [1.82, 2.24) is 10.2 Å². The summed E-state index contributed by atoms with van der Waals surface area (Å²) >= 11 is 0. The van der Waals surface area contributed by atoms with Crippen molar-refractivity contribution < 1.29 is 0 Å². The Bertz CT molecular complexity index is 406. The van der Waals surface area contributed by atoms with Crippen LogP contribution in [0.15, 0.2) is 6.07 Å². The van der Waals surface area contributed by atoms with E-state index < -0.39 is 0 Å². The minimum absolute atomic E-state index is 0.959. The van der Waals surface area contributed by atoms with E-state index in [4.69, 9.17) is 5.73 Å². The molecule has 0 aliphatic carbocycles. The van der Waals surface area contributed by atoms with Gasteiger partial charge in [-0.2, -0.15) is 0 Å². The molecule has 1 aliphatic rings. The van der Waals surface area contributed by atoms with Crippen LogP contribution in [-0.4, -0.2) is 31.1 Å². The van der Waals surface area contributed by atoms with Gasteiger partial charge in [-0.05, 0) is 43.0 Å². The molecule has 17 heavy (non-hydrogen) atoms. The van der Waals surface area contributed by atoms with Crippen LogP contribution < -0.4 is 11.1 Å². The molecule has 3 N–H and O–H groups in total. The van der Waals surface area contributed by atoms with Gasteiger partial charge in [0, 0.05) is 38.4 Å². The summed E-state index contributed by atoms with van der Waals surface area (Å²) in [5.41, 5.74) is 12.3. The monoisotopic (exact) mass is 233 g/mol. The van der Waals surface area contributed by atoms with Crippen molar-refractivity contribution in [3.05, 3.63) is 28.3 Å². The van der Waals surface area contributed by atoms with Gasteiger partial charge in [0.05, 0.1) is 0 Å². The van der Waals surface area contributed by atoms with Gasteiger partial charge in [-0.25, -0.2) is 0 Å². The highest BCUT2D eigenvalue weighted by molar-refractivity contribution is 5.58. The summed E-state index contributed by atoms with van der Waals surface area (Å²) < 4.78 is 0. The molecular weight excluding hydrogens is 210 g/mol. The minimum Gasteiger partial charge on any atom is -0.398 e. The molecule has 1 fully saturated rings. The third kappa shape index (κ3) is 2.61. The molecule has 0 atom stereocenters. The fourth-order valence-corrected chi connectivity index (χ4v) is 2.58. The third-order valence-electron chi connectivity index (χ3n) is 3.78. The number of hydrogen-bond donors (Lipinski definition) is 2. The van der Waals surface area contributed by atoms with Crippen LogP contribution in [0.2, 0.25) is 0 Å². The van der Waals surface area contributed by atoms with Crippen LogP contribution in [-0.2, 0) is 6.54 Å². The number of hydrogen-bond acceptors (Lipinski definition) is 3. The number of piperazine rings is 1. The van der Waals surface area contributed by atoms with Crippen molar-refractivity contribution in [3.8, 4) is 0 Å². The second-order valence-electron chi connectivity index (χ2n) is 5.05. The lowest BCUT2D eigenvalue weighted by Gasteiger charge is -2.29. The van der Waals surface area contributed by atoms with E-state index in [-0.39, 0.29) is 0 Å². The Morgan fingerprint density at radius 1 is 1.18 bits per heavy atom. The summed E-state index contributed by atoms with van der Waals surface area (Å²) in [6, 6.07) is 2.21. The van der Waals surface area contributed by atoms with E-state index >= 15 is 0 Å². The van der Waals surface area contributed by atoms with Crippen LogP contribution in [0.5, 0.6) is 0 Å². The number of anilines is 1. The number of rotatable bonds is 2. The summed E-state index contributed by atoms with van der Waals surface area (Å²) in [4.78, 5) is 2.50. The molecular formula is C14H23N3. The molecule has 0 saturated carbocycles. The van der Waals surface area contributed by atoms with Crippen LogP contribution in [0.3, 0.4) is 0 Å². The first-order valence-corrected chi connectivity index (χ1v) is 6.38. The molecule has 2 rings (SSSR count). The van der Waals surface area contributed by atoms with E-state index in [1.165, 1.54) is 22.3 Å². The van der Waals surface area contributed by atoms with Gasteiger partial charge in [-0.1, -0.05) is 6.07 Å². The molecule has 3 heteroatoms. The first kappa shape index (κ1) is 12.4. The number of nitrogens with zero attached hydrogens (tertiary/aromatic N) is 1. The highest BCUT2D eigenvalue weighted by Gasteiger charge is 2.14. The van der Waals surface area contributed by atoms with Gasteiger partial charge in [0.25, 0.3) is 0 Å². The quantitative estimate of drug-likeness (QED) is 0.762. The van der Waals surface area contributed by atoms with E-state index in [2.05, 4.69) is 37.1 Å². The Labute approximate surface area is 104 Å². The first-order chi connectivity index (χ1) is 8.09. The standard InChI is InChI=1S/C14H23N3/c1-10-8-11(2)14(15)12(3)13(10)9-17-6-4-16-5-7-17/h8,16H,4-7,9,15H2,1-3H3. The van der Waals surface area contributed by atoms with Gasteiger partial charge in [-0.15, -0.1) is 0 Å². The van der Waals surface area contributed by atoms with Crippen molar-refractivity contribution in [2.24, 2.45) is 0 Å². The van der Waals surface area contributed by atoms with E-state index in [1.54, 1.807) is 0 Å². The lowest BCUT2D eigenvalue weighted by Crippen LogP contribution is -2.43. The summed E-state index contributed by atoms with van der Waals surface area (Å²) in [7, 11) is 0. The molecule has 3 nitrogen and oxygen atoms in total. The van der Waals surface area contributed by atoms with Gasteiger partial charge < -0.3 is 11.1 Å². The fourth-order valence-electron chi connectivity index (χ4n) is 2.58. The van der Waals surface area contributed by atoms with Gasteiger partial charge in [0.2, 0.25) is 0 Å². The lowest BCUT2D eigenvalue weighted by molar-refractivity contribution is 0.232. The maximum Gasteiger partial charge on any atom is 0.0376 e. The molecule has 1 heterocycles. The summed E-state index contributed by atoms with van der Waals surface area (Å²) in [6.45, 7) is 11.9. The summed E-state index contributed by atoms with van der Waals surface area (Å²) in [5, 5.41) is 3.38. The van der Waals surface area contributed by atoms with Crippen molar-refractivity contribution in [3.63, 3.8) is 0 Å². The molecule has 1 aromatic rings. The second-order valence-corrected chi connectivity index (χ2v) is 5.05. The smallest absolute Gasteiger partial charge is 0.0376 e. The van der Waals surface area contributed by atoms with Gasteiger partial charge in [0.1, 0.15) is 0 Å². The molecule has 94 valence electrons. The first-order valence-electron chi connectivity index (χ1n) is 6.38. The normalized spacial score (nSPS) is 17.4. The largest absolute Gasteiger partial charge is 0.398 e. The number of benzene rings is 1. The van der Waals surface area contributed by atoms with E-state index in [9.17, 15) is 0 Å². The number of nitrogen functional groups attached to an aromatic ring is 1. The van der Waals surface area contributed by atoms with Crippen LogP contribution in [0, 0.1) is 20.8 Å². The Morgan fingerprint density at radius 3 is 2.47 bits per heavy atom. The maximum absolute atomic E-state index is 6.13. The summed E-state index contributed by atoms with van der Waals surface area (Å²) in [6.07, 6.45) is 0. The molecule has 0 bridgehead atoms. The van der Waals surface area contributed by atoms with Gasteiger partial charge >= 0.3 is 0 Å². The average Bonchev–Trinajstić information content (AvgIpc) is 2.33. The fraction of sp³-hybridized carbons (Fsp3) is 0.571. The van der Waals surface area contributed by atoms with Crippen LogP contribution in [0.25, 0.3) is 0 Å². The topological polar surface area (TPSA) is 41.3 Å². The zero-order chi connectivity index (χ0) is 12.4. The molecule has 0 spiro atoms. The van der Waals surface area contributed by atoms with Crippen molar-refractivity contribution in [2.75, 3.05) is 31.9 Å². The second kappa shape index (κ2) is 5.07. The summed E-state index contributed by atoms with van der Waals surface area (Å²) in [5.74, 6) is 0. The molecule has 0 amide bonds. The number of nitrogens with two attached hydrogens (primary N) is 1. The predicted octanol–water partition coefficient (Wildman–Crippen LogP) is 1.60. The van der Waals surface area contributed by atoms with E-state index in [0.29, 0.717) is 0 Å². The molecule has 0 aromatic heterocycles. The predicted molar refractivity (Wildman–Crippen MR) is 73.2 cm³/mol.